The first-order chi connectivity index (χ1) is 8.77. The molecule has 0 aliphatic heterocycles. The van der Waals surface area contributed by atoms with Crippen molar-refractivity contribution in [1.29, 1.82) is 0 Å². The Bertz CT molecular complexity index is 616. The minimum absolute atomic E-state index is 0.190. The molecular weight excluding hydrogens is 332 g/mol. The highest BCUT2D eigenvalue weighted by Gasteiger charge is 2.43. The van der Waals surface area contributed by atoms with Gasteiger partial charge in [-0.3, -0.25) is 4.79 Å². The van der Waals surface area contributed by atoms with Crippen LogP contribution in [0.4, 0.5) is 0 Å². The lowest BCUT2D eigenvalue weighted by Gasteiger charge is -2.24. The molecule has 0 unspecified atom stereocenters. The molecule has 4 nitrogen and oxygen atoms in total. The van der Waals surface area contributed by atoms with Gasteiger partial charge in [0.15, 0.2) is 9.84 Å². The van der Waals surface area contributed by atoms with Crippen molar-refractivity contribution >= 4 is 31.7 Å². The lowest BCUT2D eigenvalue weighted by Crippen LogP contribution is -2.32. The second kappa shape index (κ2) is 4.90. The summed E-state index contributed by atoms with van der Waals surface area (Å²) in [6.45, 7) is 0. The Balaban J connectivity index is 2.53. The third kappa shape index (κ3) is 2.56. The number of carboxylic acids is 1. The summed E-state index contributed by atoms with van der Waals surface area (Å²) in [5.74, 6) is -0.830. The lowest BCUT2D eigenvalue weighted by molar-refractivity contribution is -0.143. The van der Waals surface area contributed by atoms with Crippen molar-refractivity contribution in [3.63, 3.8) is 0 Å². The van der Waals surface area contributed by atoms with Crippen LogP contribution in [0, 0.1) is 0 Å². The summed E-state index contributed by atoms with van der Waals surface area (Å²) in [5.41, 5.74) is -0.185. The van der Waals surface area contributed by atoms with Crippen molar-refractivity contribution in [3.05, 3.63) is 28.2 Å². The van der Waals surface area contributed by atoms with E-state index >= 15 is 0 Å². The van der Waals surface area contributed by atoms with E-state index in [4.69, 9.17) is 0 Å². The number of carbonyl (C=O) groups is 1. The summed E-state index contributed by atoms with van der Waals surface area (Å²) in [7, 11) is -3.31. The Kier molecular flexibility index (Phi) is 3.75. The number of hydrogen-bond acceptors (Lipinski definition) is 3. The number of aliphatic carboxylic acids is 1. The molecule has 1 N–H and O–H groups in total. The van der Waals surface area contributed by atoms with Gasteiger partial charge in [-0.25, -0.2) is 8.42 Å². The molecule has 104 valence electrons. The number of halogens is 1. The van der Waals surface area contributed by atoms with Gasteiger partial charge in [-0.2, -0.15) is 0 Å². The Morgan fingerprint density at radius 3 is 2.32 bits per heavy atom. The molecule has 0 saturated heterocycles. The number of hydrogen-bond donors (Lipinski definition) is 1. The molecule has 1 aliphatic carbocycles. The maximum absolute atomic E-state index is 11.6. The van der Waals surface area contributed by atoms with Gasteiger partial charge in [0.25, 0.3) is 0 Å². The van der Waals surface area contributed by atoms with Crippen molar-refractivity contribution in [2.24, 2.45) is 0 Å². The van der Waals surface area contributed by atoms with E-state index in [1.165, 1.54) is 6.07 Å². The zero-order valence-electron chi connectivity index (χ0n) is 10.5. The third-order valence-corrected chi connectivity index (χ3v) is 5.82. The topological polar surface area (TPSA) is 71.4 Å². The Morgan fingerprint density at radius 2 is 1.89 bits per heavy atom. The highest BCUT2D eigenvalue weighted by molar-refractivity contribution is 9.10. The van der Waals surface area contributed by atoms with Crippen LogP contribution < -0.4 is 0 Å². The van der Waals surface area contributed by atoms with Crippen molar-refractivity contribution in [3.8, 4) is 0 Å². The lowest BCUT2D eigenvalue weighted by atomic mass is 9.79. The number of benzene rings is 1. The number of carboxylic acid groups (broad SMARTS) is 1. The fraction of sp³-hybridized carbons (Fsp3) is 0.462. The molecule has 1 saturated carbocycles. The molecule has 1 fully saturated rings. The second-order valence-electron chi connectivity index (χ2n) is 5.01. The summed E-state index contributed by atoms with van der Waals surface area (Å²) >= 11 is 3.23. The molecule has 0 amide bonds. The van der Waals surface area contributed by atoms with Gasteiger partial charge in [0.2, 0.25) is 0 Å². The highest BCUT2D eigenvalue weighted by Crippen LogP contribution is 2.42. The molecule has 0 heterocycles. The van der Waals surface area contributed by atoms with Gasteiger partial charge in [-0.1, -0.05) is 18.9 Å². The molecule has 0 spiro atoms. The van der Waals surface area contributed by atoms with E-state index in [9.17, 15) is 18.3 Å². The Morgan fingerprint density at radius 1 is 1.32 bits per heavy atom. The molecule has 19 heavy (non-hydrogen) atoms. The fourth-order valence-corrected chi connectivity index (χ4v) is 4.69. The molecule has 0 bridgehead atoms. The molecule has 0 aromatic heterocycles. The van der Waals surface area contributed by atoms with Crippen LogP contribution in [0.15, 0.2) is 27.6 Å². The van der Waals surface area contributed by atoms with Crippen molar-refractivity contribution in [2.45, 2.75) is 36.0 Å². The summed E-state index contributed by atoms with van der Waals surface area (Å²) in [6, 6.07) is 4.74. The molecule has 6 heteroatoms. The van der Waals surface area contributed by atoms with Crippen LogP contribution in [0.5, 0.6) is 0 Å². The van der Waals surface area contributed by atoms with Gasteiger partial charge >= 0.3 is 5.97 Å². The van der Waals surface area contributed by atoms with Crippen molar-refractivity contribution in [2.75, 3.05) is 6.26 Å². The first kappa shape index (κ1) is 14.5. The van der Waals surface area contributed by atoms with E-state index in [1.807, 2.05) is 0 Å². The summed E-state index contributed by atoms with van der Waals surface area (Å²) < 4.78 is 23.5. The van der Waals surface area contributed by atoms with Gasteiger partial charge in [0.05, 0.1) is 10.3 Å². The fourth-order valence-electron chi connectivity index (χ4n) is 2.70. The van der Waals surface area contributed by atoms with Gasteiger partial charge in [-0.05, 0) is 46.5 Å². The van der Waals surface area contributed by atoms with Crippen LogP contribution >= 0.6 is 15.9 Å². The first-order valence-corrected chi connectivity index (χ1v) is 8.69. The monoisotopic (exact) mass is 346 g/mol. The molecule has 0 atom stereocenters. The SMILES string of the molecule is CS(=O)(=O)c1ccc(C2(C(=O)O)CCCC2)cc1Br. The summed E-state index contributed by atoms with van der Waals surface area (Å²) in [4.78, 5) is 11.8. The quantitative estimate of drug-likeness (QED) is 0.913. The number of rotatable bonds is 3. The summed E-state index contributed by atoms with van der Waals surface area (Å²) in [5, 5.41) is 9.50. The van der Waals surface area contributed by atoms with Crippen LogP contribution in [0.25, 0.3) is 0 Å². The molecule has 1 aromatic carbocycles. The van der Waals surface area contributed by atoms with Gasteiger partial charge in [0.1, 0.15) is 0 Å². The minimum Gasteiger partial charge on any atom is -0.481 e. The van der Waals surface area contributed by atoms with Gasteiger partial charge < -0.3 is 5.11 Å². The van der Waals surface area contributed by atoms with Crippen LogP contribution in [0.1, 0.15) is 31.2 Å². The Hall–Kier alpha value is -0.880. The first-order valence-electron chi connectivity index (χ1n) is 6.01. The van der Waals surface area contributed by atoms with E-state index in [1.54, 1.807) is 12.1 Å². The summed E-state index contributed by atoms with van der Waals surface area (Å²) in [6.07, 6.45) is 4.12. The molecular formula is C13H15BrO4S. The highest BCUT2D eigenvalue weighted by atomic mass is 79.9. The van der Waals surface area contributed by atoms with E-state index in [0.29, 0.717) is 22.9 Å². The average molecular weight is 347 g/mol. The van der Waals surface area contributed by atoms with Crippen LogP contribution in [0.3, 0.4) is 0 Å². The zero-order chi connectivity index (χ0) is 14.3. The molecule has 1 aliphatic rings. The normalized spacial score (nSPS) is 18.4. The third-order valence-electron chi connectivity index (χ3n) is 3.75. The van der Waals surface area contributed by atoms with Crippen LogP contribution in [0.2, 0.25) is 0 Å². The van der Waals surface area contributed by atoms with Crippen LogP contribution in [-0.2, 0) is 20.0 Å². The zero-order valence-corrected chi connectivity index (χ0v) is 12.9. The predicted octanol–water partition coefficient (Wildman–Crippen LogP) is 2.75. The average Bonchev–Trinajstić information content (AvgIpc) is 2.77. The smallest absolute Gasteiger partial charge is 0.314 e. The predicted molar refractivity (Wildman–Crippen MR) is 75.0 cm³/mol. The Labute approximate surface area is 120 Å². The van der Waals surface area contributed by atoms with Gasteiger partial charge in [-0.15, -0.1) is 0 Å². The molecule has 0 radical (unpaired) electrons. The van der Waals surface area contributed by atoms with Crippen molar-refractivity contribution < 1.29 is 18.3 Å². The standard InChI is InChI=1S/C13H15BrO4S/c1-19(17,18)11-5-4-9(8-10(11)14)13(12(15)16)6-2-3-7-13/h4-5,8H,2-3,6-7H2,1H3,(H,15,16). The van der Waals surface area contributed by atoms with E-state index in [2.05, 4.69) is 15.9 Å². The maximum Gasteiger partial charge on any atom is 0.314 e. The van der Waals surface area contributed by atoms with Crippen molar-refractivity contribution in [1.82, 2.24) is 0 Å². The van der Waals surface area contributed by atoms with Crippen LogP contribution in [-0.4, -0.2) is 25.7 Å². The second-order valence-corrected chi connectivity index (χ2v) is 7.85. The molecule has 2 rings (SSSR count). The van der Waals surface area contributed by atoms with E-state index < -0.39 is 21.2 Å². The minimum atomic E-state index is -3.31. The number of sulfone groups is 1. The molecule has 1 aromatic rings. The van der Waals surface area contributed by atoms with Gasteiger partial charge in [0, 0.05) is 10.7 Å². The maximum atomic E-state index is 11.6. The van der Waals surface area contributed by atoms with E-state index in [0.717, 1.165) is 19.1 Å². The van der Waals surface area contributed by atoms with E-state index in [-0.39, 0.29) is 4.90 Å². The largest absolute Gasteiger partial charge is 0.481 e.